The topological polar surface area (TPSA) is 58.4 Å². The molecule has 4 heteroatoms. The molecule has 0 bridgehead atoms. The van der Waals surface area contributed by atoms with Gasteiger partial charge in [-0.15, -0.1) is 0 Å². The molecule has 66 valence electrons. The fourth-order valence-electron chi connectivity index (χ4n) is 0.880. The predicted molar refractivity (Wildman–Crippen MR) is 45.2 cm³/mol. The highest BCUT2D eigenvalue weighted by molar-refractivity contribution is 5.77. The molecule has 0 heterocycles. The second-order valence-corrected chi connectivity index (χ2v) is 2.85. The number of carbonyl (C=O) groups excluding carboxylic acids is 1. The van der Waals surface area contributed by atoms with Crippen LogP contribution in [-0.2, 0) is 4.79 Å². The van der Waals surface area contributed by atoms with Crippen LogP contribution in [0.25, 0.3) is 0 Å². The molecule has 0 saturated carbocycles. The summed E-state index contributed by atoms with van der Waals surface area (Å²) in [5.74, 6) is 0.0214. The van der Waals surface area contributed by atoms with E-state index in [1.165, 1.54) is 0 Å². The number of nitrogens with two attached hydrogens (primary N) is 1. The average molecular weight is 159 g/mol. The Hall–Kier alpha value is -0.610. The molecule has 3 N–H and O–H groups in total. The van der Waals surface area contributed by atoms with Crippen LogP contribution in [0.5, 0.6) is 0 Å². The van der Waals surface area contributed by atoms with E-state index in [9.17, 15) is 4.79 Å². The van der Waals surface area contributed by atoms with Crippen LogP contribution < -0.4 is 11.1 Å². The van der Waals surface area contributed by atoms with E-state index in [1.807, 2.05) is 18.9 Å². The molecule has 0 aromatic rings. The van der Waals surface area contributed by atoms with Crippen molar-refractivity contribution in [2.24, 2.45) is 5.73 Å². The van der Waals surface area contributed by atoms with E-state index < -0.39 is 0 Å². The summed E-state index contributed by atoms with van der Waals surface area (Å²) in [5, 5.41) is 2.55. The minimum absolute atomic E-state index is 0.0214. The fraction of sp³-hybridized carbons (Fsp3) is 0.857. The molecule has 4 nitrogen and oxygen atoms in total. The van der Waals surface area contributed by atoms with E-state index in [-0.39, 0.29) is 11.9 Å². The van der Waals surface area contributed by atoms with Crippen molar-refractivity contribution in [2.75, 3.05) is 27.2 Å². The van der Waals surface area contributed by atoms with Gasteiger partial charge in [-0.05, 0) is 14.0 Å². The van der Waals surface area contributed by atoms with Gasteiger partial charge in [0.25, 0.3) is 0 Å². The molecule has 0 aliphatic carbocycles. The lowest BCUT2D eigenvalue weighted by Crippen LogP contribution is -2.39. The summed E-state index contributed by atoms with van der Waals surface area (Å²) in [4.78, 5) is 12.7. The van der Waals surface area contributed by atoms with Gasteiger partial charge in [-0.1, -0.05) is 0 Å². The zero-order valence-corrected chi connectivity index (χ0v) is 7.42. The van der Waals surface area contributed by atoms with Gasteiger partial charge in [0.1, 0.15) is 0 Å². The highest BCUT2D eigenvalue weighted by atomic mass is 16.1. The van der Waals surface area contributed by atoms with Crippen LogP contribution in [0, 0.1) is 0 Å². The summed E-state index contributed by atoms with van der Waals surface area (Å²) < 4.78 is 0. The van der Waals surface area contributed by atoms with Crippen molar-refractivity contribution in [1.29, 1.82) is 0 Å². The monoisotopic (exact) mass is 159 g/mol. The molecule has 0 saturated heterocycles. The molecule has 0 aromatic carbocycles. The van der Waals surface area contributed by atoms with Crippen molar-refractivity contribution in [2.45, 2.75) is 13.0 Å². The number of likely N-dealkylation sites (N-methyl/N-ethyl adjacent to an activating group) is 2. The van der Waals surface area contributed by atoms with Gasteiger partial charge in [0.15, 0.2) is 0 Å². The summed E-state index contributed by atoms with van der Waals surface area (Å²) in [5.41, 5.74) is 5.54. The van der Waals surface area contributed by atoms with E-state index in [0.717, 1.165) is 6.54 Å². The minimum atomic E-state index is 0.0214. The Morgan fingerprint density at radius 2 is 2.27 bits per heavy atom. The third-order valence-corrected chi connectivity index (χ3v) is 1.29. The molecule has 0 aromatic heterocycles. The van der Waals surface area contributed by atoms with Crippen LogP contribution in [0.15, 0.2) is 0 Å². The smallest absolute Gasteiger partial charge is 0.233 e. The maximum atomic E-state index is 10.8. The zero-order valence-electron chi connectivity index (χ0n) is 7.42. The molecule has 0 fully saturated rings. The molecule has 1 unspecified atom stereocenters. The number of nitrogens with one attached hydrogen (secondary N) is 1. The maximum Gasteiger partial charge on any atom is 0.233 e. The SMILES string of the molecule is CNC(=O)CN(C)CC(C)N. The van der Waals surface area contributed by atoms with Crippen LogP contribution in [0.4, 0.5) is 0 Å². The largest absolute Gasteiger partial charge is 0.358 e. The van der Waals surface area contributed by atoms with Crippen LogP contribution in [-0.4, -0.2) is 44.0 Å². The first-order chi connectivity index (χ1) is 5.06. The quantitative estimate of drug-likeness (QED) is 0.554. The van der Waals surface area contributed by atoms with Crippen molar-refractivity contribution in [3.63, 3.8) is 0 Å². The summed E-state index contributed by atoms with van der Waals surface area (Å²) in [7, 11) is 3.50. The van der Waals surface area contributed by atoms with Crippen LogP contribution in [0.3, 0.4) is 0 Å². The van der Waals surface area contributed by atoms with Gasteiger partial charge in [-0.3, -0.25) is 9.69 Å². The summed E-state index contributed by atoms with van der Waals surface area (Å²) in [6.07, 6.45) is 0. The molecule has 0 aliphatic heterocycles. The minimum Gasteiger partial charge on any atom is -0.358 e. The second-order valence-electron chi connectivity index (χ2n) is 2.85. The third kappa shape index (κ3) is 5.82. The lowest BCUT2D eigenvalue weighted by atomic mass is 10.3. The highest BCUT2D eigenvalue weighted by Crippen LogP contribution is 1.84. The lowest BCUT2D eigenvalue weighted by molar-refractivity contribution is -0.121. The first kappa shape index (κ1) is 10.4. The average Bonchev–Trinajstić information content (AvgIpc) is 1.85. The van der Waals surface area contributed by atoms with Gasteiger partial charge in [0, 0.05) is 19.6 Å². The molecule has 11 heavy (non-hydrogen) atoms. The molecular formula is C7H17N3O. The second kappa shape index (κ2) is 5.09. The van der Waals surface area contributed by atoms with Gasteiger partial charge in [0.05, 0.1) is 6.54 Å². The van der Waals surface area contributed by atoms with Crippen LogP contribution >= 0.6 is 0 Å². The van der Waals surface area contributed by atoms with E-state index >= 15 is 0 Å². The number of amides is 1. The molecule has 0 spiro atoms. The van der Waals surface area contributed by atoms with Crippen molar-refractivity contribution < 1.29 is 4.79 Å². The highest BCUT2D eigenvalue weighted by Gasteiger charge is 2.05. The number of hydrogen-bond donors (Lipinski definition) is 2. The number of carbonyl (C=O) groups is 1. The Kier molecular flexibility index (Phi) is 4.81. The van der Waals surface area contributed by atoms with E-state index in [1.54, 1.807) is 7.05 Å². The van der Waals surface area contributed by atoms with E-state index in [4.69, 9.17) is 5.73 Å². The Morgan fingerprint density at radius 3 is 2.64 bits per heavy atom. The van der Waals surface area contributed by atoms with E-state index in [0.29, 0.717) is 6.54 Å². The van der Waals surface area contributed by atoms with Gasteiger partial charge >= 0.3 is 0 Å². The van der Waals surface area contributed by atoms with Crippen LogP contribution in [0.2, 0.25) is 0 Å². The fourth-order valence-corrected chi connectivity index (χ4v) is 0.880. The third-order valence-electron chi connectivity index (χ3n) is 1.29. The summed E-state index contributed by atoms with van der Waals surface area (Å²) in [6.45, 7) is 3.08. The molecular weight excluding hydrogens is 142 g/mol. The molecule has 0 aliphatic rings. The van der Waals surface area contributed by atoms with Crippen molar-refractivity contribution in [3.05, 3.63) is 0 Å². The van der Waals surface area contributed by atoms with Gasteiger partial charge in [0.2, 0.25) is 5.91 Å². The van der Waals surface area contributed by atoms with Gasteiger partial charge in [-0.25, -0.2) is 0 Å². The molecule has 0 radical (unpaired) electrons. The standard InChI is InChI=1S/C7H17N3O/c1-6(8)4-10(3)5-7(11)9-2/h6H,4-5,8H2,1-3H3,(H,9,11). The van der Waals surface area contributed by atoms with Gasteiger partial charge < -0.3 is 11.1 Å². The van der Waals surface area contributed by atoms with Crippen molar-refractivity contribution in [1.82, 2.24) is 10.2 Å². The number of nitrogens with zero attached hydrogens (tertiary/aromatic N) is 1. The molecule has 1 atom stereocenters. The maximum absolute atomic E-state index is 10.8. The Morgan fingerprint density at radius 1 is 1.73 bits per heavy atom. The van der Waals surface area contributed by atoms with Gasteiger partial charge in [-0.2, -0.15) is 0 Å². The van der Waals surface area contributed by atoms with Crippen molar-refractivity contribution in [3.8, 4) is 0 Å². The normalized spacial score (nSPS) is 13.2. The first-order valence-corrected chi connectivity index (χ1v) is 3.71. The molecule has 1 amide bonds. The molecule has 0 rings (SSSR count). The lowest BCUT2D eigenvalue weighted by Gasteiger charge is -2.17. The Labute approximate surface area is 67.7 Å². The number of hydrogen-bond acceptors (Lipinski definition) is 3. The first-order valence-electron chi connectivity index (χ1n) is 3.71. The predicted octanol–water partition coefficient (Wildman–Crippen LogP) is -0.989. The Balaban J connectivity index is 3.51. The Bertz CT molecular complexity index is 125. The number of rotatable bonds is 4. The van der Waals surface area contributed by atoms with E-state index in [2.05, 4.69) is 5.32 Å². The van der Waals surface area contributed by atoms with Crippen molar-refractivity contribution >= 4 is 5.91 Å². The van der Waals surface area contributed by atoms with Crippen LogP contribution in [0.1, 0.15) is 6.92 Å². The summed E-state index contributed by atoms with van der Waals surface area (Å²) >= 11 is 0. The zero-order chi connectivity index (χ0) is 8.85. The summed E-state index contributed by atoms with van der Waals surface area (Å²) in [6, 6.07) is 0.115.